The van der Waals surface area contributed by atoms with Gasteiger partial charge in [0.05, 0.1) is 0 Å². The molecule has 18 heavy (non-hydrogen) atoms. The lowest BCUT2D eigenvalue weighted by molar-refractivity contribution is 0.161. The Morgan fingerprint density at radius 3 is 2.50 bits per heavy atom. The van der Waals surface area contributed by atoms with E-state index >= 15 is 0 Å². The lowest BCUT2D eigenvalue weighted by atomic mass is 10.2. The van der Waals surface area contributed by atoms with Crippen LogP contribution in [0.3, 0.4) is 0 Å². The van der Waals surface area contributed by atoms with Gasteiger partial charge in [0.2, 0.25) is 0 Å². The Hall–Kier alpha value is -1.91. The Bertz CT molecular complexity index is 502. The van der Waals surface area contributed by atoms with Crippen molar-refractivity contribution in [3.05, 3.63) is 65.5 Å². The van der Waals surface area contributed by atoms with Gasteiger partial charge < -0.3 is 9.94 Å². The average molecular weight is 247 g/mol. The molecule has 2 aromatic carbocycles. The molecule has 0 aliphatic heterocycles. The second kappa shape index (κ2) is 6.14. The van der Waals surface area contributed by atoms with Gasteiger partial charge in [0.25, 0.3) is 0 Å². The fraction of sp³-hybridized carbons (Fsp3) is 0.143. The lowest BCUT2D eigenvalue weighted by Crippen LogP contribution is -2.06. The van der Waals surface area contributed by atoms with E-state index in [2.05, 4.69) is 0 Å². The molecule has 94 valence electrons. The summed E-state index contributed by atoms with van der Waals surface area (Å²) in [6.45, 7) is 0.533. The standard InChI is InChI=1S/C14H14FNO2/c15-13-8-12(9-16-17)6-7-14(13)18-10-11-4-2-1-3-5-11/h1-8,16-17H,9-10H2. The van der Waals surface area contributed by atoms with Crippen molar-refractivity contribution < 1.29 is 14.3 Å². The minimum Gasteiger partial charge on any atom is -0.486 e. The van der Waals surface area contributed by atoms with E-state index in [1.165, 1.54) is 6.07 Å². The molecule has 0 fully saturated rings. The van der Waals surface area contributed by atoms with Gasteiger partial charge in [0.1, 0.15) is 6.61 Å². The van der Waals surface area contributed by atoms with Crippen LogP contribution in [-0.4, -0.2) is 5.21 Å². The highest BCUT2D eigenvalue weighted by Gasteiger charge is 2.04. The summed E-state index contributed by atoms with van der Waals surface area (Å²) >= 11 is 0. The van der Waals surface area contributed by atoms with Crippen LogP contribution >= 0.6 is 0 Å². The number of hydrogen-bond donors (Lipinski definition) is 2. The maximum absolute atomic E-state index is 13.6. The molecule has 3 nitrogen and oxygen atoms in total. The highest BCUT2D eigenvalue weighted by atomic mass is 19.1. The first-order chi connectivity index (χ1) is 8.79. The molecule has 0 saturated carbocycles. The molecule has 2 aromatic rings. The molecule has 0 bridgehead atoms. The van der Waals surface area contributed by atoms with Gasteiger partial charge in [-0.15, -0.1) is 0 Å². The monoisotopic (exact) mass is 247 g/mol. The van der Waals surface area contributed by atoms with E-state index in [9.17, 15) is 4.39 Å². The normalized spacial score (nSPS) is 10.3. The van der Waals surface area contributed by atoms with Gasteiger partial charge in [0, 0.05) is 6.54 Å². The number of halogens is 1. The Balaban J connectivity index is 2.01. The van der Waals surface area contributed by atoms with E-state index in [0.29, 0.717) is 12.2 Å². The first-order valence-corrected chi connectivity index (χ1v) is 5.61. The van der Waals surface area contributed by atoms with Gasteiger partial charge in [-0.05, 0) is 23.3 Å². The summed E-state index contributed by atoms with van der Waals surface area (Å²) in [5.74, 6) is -0.223. The van der Waals surface area contributed by atoms with Crippen molar-refractivity contribution in [1.82, 2.24) is 5.48 Å². The third kappa shape index (κ3) is 3.29. The predicted octanol–water partition coefficient (Wildman–Crippen LogP) is 2.88. The molecule has 0 spiro atoms. The minimum absolute atomic E-state index is 0.204. The van der Waals surface area contributed by atoms with E-state index in [1.807, 2.05) is 35.8 Å². The zero-order chi connectivity index (χ0) is 12.8. The van der Waals surface area contributed by atoms with Crippen LogP contribution in [0.25, 0.3) is 0 Å². The lowest BCUT2D eigenvalue weighted by Gasteiger charge is -2.08. The van der Waals surface area contributed by atoms with Crippen molar-refractivity contribution in [3.63, 3.8) is 0 Å². The number of hydroxylamine groups is 1. The second-order valence-electron chi connectivity index (χ2n) is 3.87. The predicted molar refractivity (Wildman–Crippen MR) is 65.8 cm³/mol. The molecule has 0 aliphatic rings. The zero-order valence-corrected chi connectivity index (χ0v) is 9.77. The van der Waals surface area contributed by atoms with Crippen LogP contribution in [0.5, 0.6) is 5.75 Å². The summed E-state index contributed by atoms with van der Waals surface area (Å²) in [5, 5.41) is 8.53. The summed E-state index contributed by atoms with van der Waals surface area (Å²) in [7, 11) is 0. The molecule has 0 amide bonds. The van der Waals surface area contributed by atoms with E-state index in [0.717, 1.165) is 5.56 Å². The van der Waals surface area contributed by atoms with Gasteiger partial charge in [-0.25, -0.2) is 9.87 Å². The molecule has 0 atom stereocenters. The molecule has 0 saturated heterocycles. The van der Waals surface area contributed by atoms with Crippen molar-refractivity contribution >= 4 is 0 Å². The molecular weight excluding hydrogens is 233 g/mol. The molecule has 0 heterocycles. The van der Waals surface area contributed by atoms with Gasteiger partial charge in [-0.3, -0.25) is 0 Å². The van der Waals surface area contributed by atoms with Crippen molar-refractivity contribution in [1.29, 1.82) is 0 Å². The van der Waals surface area contributed by atoms with Crippen LogP contribution in [0.15, 0.2) is 48.5 Å². The maximum Gasteiger partial charge on any atom is 0.165 e. The number of benzene rings is 2. The molecule has 2 N–H and O–H groups in total. The van der Waals surface area contributed by atoms with Crippen LogP contribution in [0.2, 0.25) is 0 Å². The van der Waals surface area contributed by atoms with Gasteiger partial charge >= 0.3 is 0 Å². The molecule has 0 radical (unpaired) electrons. The van der Waals surface area contributed by atoms with Crippen LogP contribution in [0.4, 0.5) is 4.39 Å². The maximum atomic E-state index is 13.6. The van der Waals surface area contributed by atoms with Gasteiger partial charge in [0.15, 0.2) is 11.6 Å². The summed E-state index contributed by atoms with van der Waals surface area (Å²) in [6.07, 6.45) is 0. The second-order valence-corrected chi connectivity index (χ2v) is 3.87. The van der Waals surface area contributed by atoms with E-state index in [4.69, 9.17) is 9.94 Å². The number of hydrogen-bond acceptors (Lipinski definition) is 3. The van der Waals surface area contributed by atoms with E-state index in [-0.39, 0.29) is 12.3 Å². The fourth-order valence-corrected chi connectivity index (χ4v) is 1.60. The van der Waals surface area contributed by atoms with Gasteiger partial charge in [-0.2, -0.15) is 0 Å². The van der Waals surface area contributed by atoms with Crippen LogP contribution in [-0.2, 0) is 13.2 Å². The summed E-state index contributed by atoms with van der Waals surface area (Å²) in [6, 6.07) is 14.2. The van der Waals surface area contributed by atoms with Crippen LogP contribution in [0, 0.1) is 5.82 Å². The number of ether oxygens (including phenoxy) is 1. The minimum atomic E-state index is -0.432. The highest BCUT2D eigenvalue weighted by Crippen LogP contribution is 2.19. The van der Waals surface area contributed by atoms with Crippen molar-refractivity contribution in [3.8, 4) is 5.75 Å². The first kappa shape index (κ1) is 12.5. The Morgan fingerprint density at radius 2 is 1.83 bits per heavy atom. The summed E-state index contributed by atoms with van der Waals surface area (Å²) in [4.78, 5) is 0. The third-order valence-corrected chi connectivity index (χ3v) is 2.52. The third-order valence-electron chi connectivity index (χ3n) is 2.52. The van der Waals surface area contributed by atoms with Gasteiger partial charge in [-0.1, -0.05) is 36.4 Å². The average Bonchev–Trinajstić information content (AvgIpc) is 2.39. The summed E-state index contributed by atoms with van der Waals surface area (Å²) in [5.41, 5.74) is 3.62. The quantitative estimate of drug-likeness (QED) is 0.798. The first-order valence-electron chi connectivity index (χ1n) is 5.61. The highest BCUT2D eigenvalue weighted by molar-refractivity contribution is 5.29. The molecule has 0 aromatic heterocycles. The zero-order valence-electron chi connectivity index (χ0n) is 9.77. The molecular formula is C14H14FNO2. The smallest absolute Gasteiger partial charge is 0.165 e. The van der Waals surface area contributed by atoms with Crippen molar-refractivity contribution in [2.24, 2.45) is 0 Å². The molecule has 0 aliphatic carbocycles. The van der Waals surface area contributed by atoms with Crippen molar-refractivity contribution in [2.75, 3.05) is 0 Å². The SMILES string of the molecule is ONCc1ccc(OCc2ccccc2)c(F)c1. The van der Waals surface area contributed by atoms with E-state index < -0.39 is 5.82 Å². The molecule has 4 heteroatoms. The summed E-state index contributed by atoms with van der Waals surface area (Å²) < 4.78 is 19.0. The fourth-order valence-electron chi connectivity index (χ4n) is 1.60. The number of rotatable bonds is 5. The van der Waals surface area contributed by atoms with Crippen LogP contribution < -0.4 is 10.2 Å². The Labute approximate surface area is 105 Å². The largest absolute Gasteiger partial charge is 0.486 e. The van der Waals surface area contributed by atoms with Crippen LogP contribution in [0.1, 0.15) is 11.1 Å². The topological polar surface area (TPSA) is 41.5 Å². The van der Waals surface area contributed by atoms with Crippen molar-refractivity contribution in [2.45, 2.75) is 13.2 Å². The molecule has 2 rings (SSSR count). The van der Waals surface area contributed by atoms with E-state index in [1.54, 1.807) is 12.1 Å². The Morgan fingerprint density at radius 1 is 1.06 bits per heavy atom. The molecule has 0 unspecified atom stereocenters. The Kier molecular flexibility index (Phi) is 4.28. The number of nitrogens with one attached hydrogen (secondary N) is 1.